The van der Waals surface area contributed by atoms with Crippen LogP contribution in [-0.2, 0) is 0 Å². The highest BCUT2D eigenvalue weighted by Crippen LogP contribution is 2.26. The van der Waals surface area contributed by atoms with Gasteiger partial charge in [-0.25, -0.2) is 0 Å². The van der Waals surface area contributed by atoms with Crippen molar-refractivity contribution < 1.29 is 4.79 Å². The van der Waals surface area contributed by atoms with Crippen LogP contribution in [0.2, 0.25) is 0 Å². The van der Waals surface area contributed by atoms with E-state index in [1.165, 1.54) is 5.56 Å². The predicted octanol–water partition coefficient (Wildman–Crippen LogP) is 4.22. The maximum absolute atomic E-state index is 13.4. The molecule has 6 heteroatoms. The van der Waals surface area contributed by atoms with Crippen molar-refractivity contribution in [2.24, 2.45) is 0 Å². The lowest BCUT2D eigenvalue weighted by atomic mass is 10.00. The molecule has 0 saturated carbocycles. The molecule has 1 atom stereocenters. The van der Waals surface area contributed by atoms with Gasteiger partial charge in [-0.1, -0.05) is 48.0 Å². The molecule has 0 radical (unpaired) electrons. The molecule has 6 nitrogen and oxygen atoms in total. The number of amides is 1. The van der Waals surface area contributed by atoms with Gasteiger partial charge in [0.1, 0.15) is 0 Å². The Morgan fingerprint density at radius 3 is 2.62 bits per heavy atom. The first-order valence-corrected chi connectivity index (χ1v) is 11.9. The third-order valence-corrected chi connectivity index (χ3v) is 6.60. The topological polar surface area (TPSA) is 73.0 Å². The summed E-state index contributed by atoms with van der Waals surface area (Å²) in [4.78, 5) is 15.8. The lowest BCUT2D eigenvalue weighted by molar-refractivity contribution is 0.0921. The summed E-state index contributed by atoms with van der Waals surface area (Å²) in [5.41, 5.74) is 7.09. The number of aromatic amines is 1. The quantitative estimate of drug-likeness (QED) is 0.409. The molecule has 174 valence electrons. The average molecular weight is 454 g/mol. The summed E-state index contributed by atoms with van der Waals surface area (Å²) < 4.78 is 0. The van der Waals surface area contributed by atoms with Gasteiger partial charge in [0.2, 0.25) is 0 Å². The van der Waals surface area contributed by atoms with Crippen molar-refractivity contribution in [3.8, 4) is 11.1 Å². The molecule has 5 rings (SSSR count). The van der Waals surface area contributed by atoms with Crippen molar-refractivity contribution in [3.05, 3.63) is 89.1 Å². The van der Waals surface area contributed by atoms with E-state index in [2.05, 4.69) is 69.1 Å². The first kappa shape index (κ1) is 22.3. The van der Waals surface area contributed by atoms with Crippen molar-refractivity contribution in [3.63, 3.8) is 0 Å². The molecule has 1 aliphatic rings. The Hall–Kier alpha value is -3.48. The normalized spacial score (nSPS) is 15.4. The summed E-state index contributed by atoms with van der Waals surface area (Å²) >= 11 is 0. The number of nitrogens with one attached hydrogen (secondary N) is 3. The van der Waals surface area contributed by atoms with Crippen molar-refractivity contribution in [1.29, 1.82) is 0 Å². The van der Waals surface area contributed by atoms with Crippen LogP contribution in [0.1, 0.15) is 33.2 Å². The van der Waals surface area contributed by atoms with E-state index >= 15 is 0 Å². The molecule has 2 heterocycles. The molecule has 1 aliphatic heterocycles. The molecule has 4 aromatic rings. The minimum Gasteiger partial charge on any atom is -0.344 e. The number of rotatable bonds is 6. The summed E-state index contributed by atoms with van der Waals surface area (Å²) in [6.45, 7) is 8.86. The van der Waals surface area contributed by atoms with Gasteiger partial charge >= 0.3 is 0 Å². The van der Waals surface area contributed by atoms with Crippen molar-refractivity contribution in [1.82, 2.24) is 25.7 Å². The number of hydrogen-bond acceptors (Lipinski definition) is 4. The van der Waals surface area contributed by atoms with E-state index in [0.717, 1.165) is 66.0 Å². The zero-order valence-corrected chi connectivity index (χ0v) is 19.8. The lowest BCUT2D eigenvalue weighted by Crippen LogP contribution is -2.47. The summed E-state index contributed by atoms with van der Waals surface area (Å²) in [6.07, 6.45) is 0. The SMILES string of the molecule is Cc1cccc(C(CN2CCNCC2)NC(=O)c2cccc(-c3ccc4n[nH]c(C)c4c3)c2)c1. The van der Waals surface area contributed by atoms with Gasteiger partial charge in [0.15, 0.2) is 0 Å². The minimum absolute atomic E-state index is 0.0518. The van der Waals surface area contributed by atoms with Crippen LogP contribution in [0.5, 0.6) is 0 Å². The van der Waals surface area contributed by atoms with E-state index in [4.69, 9.17) is 0 Å². The van der Waals surface area contributed by atoms with E-state index in [1.54, 1.807) is 0 Å². The highest BCUT2D eigenvalue weighted by molar-refractivity contribution is 5.96. The Balaban J connectivity index is 1.39. The molecular weight excluding hydrogens is 422 g/mol. The maximum atomic E-state index is 13.4. The highest BCUT2D eigenvalue weighted by Gasteiger charge is 2.21. The number of piperazine rings is 1. The van der Waals surface area contributed by atoms with Crippen LogP contribution < -0.4 is 10.6 Å². The number of carbonyl (C=O) groups is 1. The van der Waals surface area contributed by atoms with E-state index in [-0.39, 0.29) is 11.9 Å². The lowest BCUT2D eigenvalue weighted by Gasteiger charge is -2.31. The van der Waals surface area contributed by atoms with Gasteiger partial charge in [-0.2, -0.15) is 5.10 Å². The number of fused-ring (bicyclic) bond motifs is 1. The van der Waals surface area contributed by atoms with Gasteiger partial charge in [0.05, 0.1) is 11.6 Å². The number of aromatic nitrogens is 2. The molecule has 0 aliphatic carbocycles. The molecule has 34 heavy (non-hydrogen) atoms. The zero-order valence-electron chi connectivity index (χ0n) is 19.8. The third-order valence-electron chi connectivity index (χ3n) is 6.60. The van der Waals surface area contributed by atoms with Crippen molar-refractivity contribution in [2.45, 2.75) is 19.9 Å². The number of benzene rings is 3. The molecule has 1 saturated heterocycles. The molecular formula is C28H31N5O. The van der Waals surface area contributed by atoms with Crippen LogP contribution in [0.25, 0.3) is 22.0 Å². The zero-order chi connectivity index (χ0) is 23.5. The Morgan fingerprint density at radius 1 is 1.00 bits per heavy atom. The number of nitrogens with zero attached hydrogens (tertiary/aromatic N) is 2. The molecule has 1 aromatic heterocycles. The Labute approximate surface area is 200 Å². The third kappa shape index (κ3) is 4.88. The first-order valence-electron chi connectivity index (χ1n) is 11.9. The largest absolute Gasteiger partial charge is 0.344 e. The summed E-state index contributed by atoms with van der Waals surface area (Å²) in [7, 11) is 0. The second-order valence-electron chi connectivity index (χ2n) is 9.15. The van der Waals surface area contributed by atoms with Crippen molar-refractivity contribution in [2.75, 3.05) is 32.7 Å². The molecule has 3 aromatic carbocycles. The number of carbonyl (C=O) groups excluding carboxylic acids is 1. The number of hydrogen-bond donors (Lipinski definition) is 3. The van der Waals surface area contributed by atoms with Gasteiger partial charge < -0.3 is 10.6 Å². The molecule has 1 fully saturated rings. The Morgan fingerprint density at radius 2 is 1.79 bits per heavy atom. The average Bonchev–Trinajstić information content (AvgIpc) is 3.24. The molecule has 1 amide bonds. The minimum atomic E-state index is -0.0703. The van der Waals surface area contributed by atoms with Gasteiger partial charge in [-0.15, -0.1) is 0 Å². The number of aryl methyl sites for hydroxylation is 2. The van der Waals surface area contributed by atoms with Gasteiger partial charge in [0.25, 0.3) is 5.91 Å². The fraction of sp³-hybridized carbons (Fsp3) is 0.286. The maximum Gasteiger partial charge on any atom is 0.251 e. The van der Waals surface area contributed by atoms with Gasteiger partial charge in [-0.3, -0.25) is 14.8 Å². The van der Waals surface area contributed by atoms with Crippen LogP contribution >= 0.6 is 0 Å². The standard InChI is InChI=1S/C28H31N5O/c1-19-5-3-7-23(15-19)27(18-33-13-11-29-12-14-33)30-28(34)24-8-4-6-21(16-24)22-9-10-26-25(17-22)20(2)31-32-26/h3-10,15-17,27,29H,11-14,18H2,1-2H3,(H,30,34)(H,31,32). The Kier molecular flexibility index (Phi) is 6.43. The fourth-order valence-corrected chi connectivity index (χ4v) is 4.67. The molecule has 3 N–H and O–H groups in total. The highest BCUT2D eigenvalue weighted by atomic mass is 16.1. The first-order chi connectivity index (χ1) is 16.6. The van der Waals surface area contributed by atoms with Crippen LogP contribution in [0.3, 0.4) is 0 Å². The van der Waals surface area contributed by atoms with Gasteiger partial charge in [-0.05, 0) is 54.8 Å². The predicted molar refractivity (Wildman–Crippen MR) is 137 cm³/mol. The summed E-state index contributed by atoms with van der Waals surface area (Å²) in [5, 5.41) is 15.2. The summed E-state index contributed by atoms with van der Waals surface area (Å²) in [5.74, 6) is -0.0518. The van der Waals surface area contributed by atoms with E-state index < -0.39 is 0 Å². The van der Waals surface area contributed by atoms with Crippen LogP contribution in [0, 0.1) is 13.8 Å². The van der Waals surface area contributed by atoms with Crippen molar-refractivity contribution >= 4 is 16.8 Å². The fourth-order valence-electron chi connectivity index (χ4n) is 4.67. The summed E-state index contributed by atoms with van der Waals surface area (Å²) in [6, 6.07) is 22.4. The number of H-pyrrole nitrogens is 1. The Bertz CT molecular complexity index is 1310. The van der Waals surface area contributed by atoms with Gasteiger partial charge in [0, 0.05) is 49.4 Å². The molecule has 1 unspecified atom stereocenters. The second kappa shape index (κ2) is 9.79. The second-order valence-corrected chi connectivity index (χ2v) is 9.15. The monoisotopic (exact) mass is 453 g/mol. The van der Waals surface area contributed by atoms with Crippen LogP contribution in [0.15, 0.2) is 66.7 Å². The molecule has 0 spiro atoms. The van der Waals surface area contributed by atoms with E-state index in [0.29, 0.717) is 5.56 Å². The smallest absolute Gasteiger partial charge is 0.251 e. The molecule has 0 bridgehead atoms. The van der Waals surface area contributed by atoms with E-state index in [9.17, 15) is 4.79 Å². The van der Waals surface area contributed by atoms with E-state index in [1.807, 2.05) is 37.3 Å². The van der Waals surface area contributed by atoms with Crippen LogP contribution in [-0.4, -0.2) is 53.7 Å². The van der Waals surface area contributed by atoms with Crippen LogP contribution in [0.4, 0.5) is 0 Å².